The third-order valence-electron chi connectivity index (χ3n) is 3.68. The highest BCUT2D eigenvalue weighted by Crippen LogP contribution is 2.17. The number of benzene rings is 1. The lowest BCUT2D eigenvalue weighted by atomic mass is 10.1. The van der Waals surface area contributed by atoms with Crippen molar-refractivity contribution in [3.8, 4) is 11.1 Å². The standard InChI is InChI=1S/C16H20N4/c1-2-6-13(7-3-1)14-10-18-16(19-11-14)20-12-15-8-4-5-9-17-15/h1-3,6-7,10-11,15,17H,4-5,8-9,12H2,(H,18,19,20). The minimum absolute atomic E-state index is 0.543. The smallest absolute Gasteiger partial charge is 0.222 e. The molecular formula is C16H20N4. The predicted octanol–water partition coefficient (Wildman–Crippen LogP) is 2.70. The third kappa shape index (κ3) is 3.33. The Hall–Kier alpha value is -1.94. The van der Waals surface area contributed by atoms with Gasteiger partial charge in [0.1, 0.15) is 0 Å². The second kappa shape index (κ2) is 6.48. The van der Waals surface area contributed by atoms with E-state index in [2.05, 4.69) is 32.7 Å². The number of hydrogen-bond donors (Lipinski definition) is 2. The molecule has 1 saturated heterocycles. The Morgan fingerprint density at radius 3 is 2.55 bits per heavy atom. The van der Waals surface area contributed by atoms with E-state index < -0.39 is 0 Å². The van der Waals surface area contributed by atoms with Crippen molar-refractivity contribution >= 4 is 5.95 Å². The molecule has 1 unspecified atom stereocenters. The number of nitrogens with one attached hydrogen (secondary N) is 2. The number of nitrogens with zero attached hydrogens (tertiary/aromatic N) is 2. The zero-order chi connectivity index (χ0) is 13.6. The van der Waals surface area contributed by atoms with Gasteiger partial charge in [-0.15, -0.1) is 0 Å². The number of rotatable bonds is 4. The van der Waals surface area contributed by atoms with Crippen LogP contribution in [0.15, 0.2) is 42.7 Å². The molecule has 1 aliphatic heterocycles. The first-order valence-electron chi connectivity index (χ1n) is 7.26. The largest absolute Gasteiger partial charge is 0.353 e. The summed E-state index contributed by atoms with van der Waals surface area (Å²) >= 11 is 0. The molecule has 0 spiro atoms. The second-order valence-corrected chi connectivity index (χ2v) is 5.19. The van der Waals surface area contributed by atoms with Crippen LogP contribution in [0.2, 0.25) is 0 Å². The van der Waals surface area contributed by atoms with Crippen molar-refractivity contribution in [2.75, 3.05) is 18.4 Å². The maximum Gasteiger partial charge on any atom is 0.222 e. The third-order valence-corrected chi connectivity index (χ3v) is 3.68. The Balaban J connectivity index is 1.58. The van der Waals surface area contributed by atoms with Crippen molar-refractivity contribution in [3.63, 3.8) is 0 Å². The van der Waals surface area contributed by atoms with Crippen LogP contribution in [0.5, 0.6) is 0 Å². The van der Waals surface area contributed by atoms with E-state index in [0.717, 1.165) is 24.2 Å². The van der Waals surface area contributed by atoms with Gasteiger partial charge in [0.2, 0.25) is 5.95 Å². The summed E-state index contributed by atoms with van der Waals surface area (Å²) in [7, 11) is 0. The Morgan fingerprint density at radius 2 is 1.85 bits per heavy atom. The highest BCUT2D eigenvalue weighted by molar-refractivity contribution is 5.61. The van der Waals surface area contributed by atoms with E-state index in [1.54, 1.807) is 0 Å². The molecular weight excluding hydrogens is 248 g/mol. The fourth-order valence-corrected chi connectivity index (χ4v) is 2.51. The Bertz CT molecular complexity index is 518. The van der Waals surface area contributed by atoms with Gasteiger partial charge in [-0.25, -0.2) is 9.97 Å². The second-order valence-electron chi connectivity index (χ2n) is 5.19. The molecule has 1 aromatic heterocycles. The molecule has 3 rings (SSSR count). The molecule has 20 heavy (non-hydrogen) atoms. The highest BCUT2D eigenvalue weighted by atomic mass is 15.1. The van der Waals surface area contributed by atoms with Gasteiger partial charge in [0.25, 0.3) is 0 Å². The monoisotopic (exact) mass is 268 g/mol. The van der Waals surface area contributed by atoms with Crippen LogP contribution in [-0.4, -0.2) is 29.1 Å². The molecule has 0 bridgehead atoms. The van der Waals surface area contributed by atoms with E-state index in [9.17, 15) is 0 Å². The van der Waals surface area contributed by atoms with Gasteiger partial charge >= 0.3 is 0 Å². The van der Waals surface area contributed by atoms with Crippen LogP contribution >= 0.6 is 0 Å². The summed E-state index contributed by atoms with van der Waals surface area (Å²) in [6.45, 7) is 2.02. The quantitative estimate of drug-likeness (QED) is 0.895. The van der Waals surface area contributed by atoms with Gasteiger partial charge in [0, 0.05) is 30.5 Å². The van der Waals surface area contributed by atoms with Crippen LogP contribution < -0.4 is 10.6 Å². The molecule has 0 aliphatic carbocycles. The molecule has 1 fully saturated rings. The summed E-state index contributed by atoms with van der Waals surface area (Å²) in [6.07, 6.45) is 7.58. The molecule has 2 aromatic rings. The topological polar surface area (TPSA) is 49.8 Å². The molecule has 1 aromatic carbocycles. The number of anilines is 1. The molecule has 0 radical (unpaired) electrons. The van der Waals surface area contributed by atoms with Crippen molar-refractivity contribution < 1.29 is 0 Å². The average Bonchev–Trinajstić information content (AvgIpc) is 2.55. The van der Waals surface area contributed by atoms with Gasteiger partial charge in [-0.1, -0.05) is 36.8 Å². The van der Waals surface area contributed by atoms with Gasteiger partial charge in [0.05, 0.1) is 0 Å². The van der Waals surface area contributed by atoms with Crippen LogP contribution in [-0.2, 0) is 0 Å². The van der Waals surface area contributed by atoms with Gasteiger partial charge < -0.3 is 10.6 Å². The summed E-state index contributed by atoms with van der Waals surface area (Å²) in [4.78, 5) is 8.78. The molecule has 1 atom stereocenters. The minimum atomic E-state index is 0.543. The number of piperidine rings is 1. The lowest BCUT2D eigenvalue weighted by molar-refractivity contribution is 0.413. The Labute approximate surface area is 119 Å². The van der Waals surface area contributed by atoms with Gasteiger partial charge in [-0.05, 0) is 24.9 Å². The highest BCUT2D eigenvalue weighted by Gasteiger charge is 2.12. The van der Waals surface area contributed by atoms with Crippen LogP contribution in [0.25, 0.3) is 11.1 Å². The zero-order valence-corrected chi connectivity index (χ0v) is 11.5. The molecule has 2 N–H and O–H groups in total. The van der Waals surface area contributed by atoms with Crippen LogP contribution in [0.3, 0.4) is 0 Å². The van der Waals surface area contributed by atoms with E-state index in [1.807, 2.05) is 30.6 Å². The molecule has 2 heterocycles. The van der Waals surface area contributed by atoms with E-state index in [-0.39, 0.29) is 0 Å². The molecule has 104 valence electrons. The van der Waals surface area contributed by atoms with Crippen LogP contribution in [0, 0.1) is 0 Å². The van der Waals surface area contributed by atoms with Gasteiger partial charge in [-0.3, -0.25) is 0 Å². The van der Waals surface area contributed by atoms with Gasteiger partial charge in [0.15, 0.2) is 0 Å². The fraction of sp³-hybridized carbons (Fsp3) is 0.375. The molecule has 4 heteroatoms. The van der Waals surface area contributed by atoms with Crippen molar-refractivity contribution in [3.05, 3.63) is 42.7 Å². The summed E-state index contributed by atoms with van der Waals surface area (Å²) in [5.74, 6) is 0.706. The molecule has 0 amide bonds. The number of hydrogen-bond acceptors (Lipinski definition) is 4. The lowest BCUT2D eigenvalue weighted by Crippen LogP contribution is -2.39. The summed E-state index contributed by atoms with van der Waals surface area (Å²) in [6, 6.07) is 10.7. The van der Waals surface area contributed by atoms with Crippen molar-refractivity contribution in [2.45, 2.75) is 25.3 Å². The van der Waals surface area contributed by atoms with Crippen molar-refractivity contribution in [1.29, 1.82) is 0 Å². The SMILES string of the molecule is c1ccc(-c2cnc(NCC3CCCCN3)nc2)cc1. The first kappa shape index (κ1) is 13.1. The predicted molar refractivity (Wildman–Crippen MR) is 81.6 cm³/mol. The van der Waals surface area contributed by atoms with E-state index in [4.69, 9.17) is 0 Å². The van der Waals surface area contributed by atoms with E-state index in [1.165, 1.54) is 19.3 Å². The fourth-order valence-electron chi connectivity index (χ4n) is 2.51. The minimum Gasteiger partial charge on any atom is -0.353 e. The zero-order valence-electron chi connectivity index (χ0n) is 11.5. The first-order valence-corrected chi connectivity index (χ1v) is 7.26. The summed E-state index contributed by atoms with van der Waals surface area (Å²) in [5.41, 5.74) is 2.19. The lowest BCUT2D eigenvalue weighted by Gasteiger charge is -2.23. The van der Waals surface area contributed by atoms with Crippen LogP contribution in [0.1, 0.15) is 19.3 Å². The van der Waals surface area contributed by atoms with E-state index >= 15 is 0 Å². The summed E-state index contributed by atoms with van der Waals surface area (Å²) < 4.78 is 0. The number of aromatic nitrogens is 2. The van der Waals surface area contributed by atoms with Crippen molar-refractivity contribution in [1.82, 2.24) is 15.3 Å². The Kier molecular flexibility index (Phi) is 4.23. The first-order chi connectivity index (χ1) is 9.92. The van der Waals surface area contributed by atoms with Gasteiger partial charge in [-0.2, -0.15) is 0 Å². The van der Waals surface area contributed by atoms with E-state index in [0.29, 0.717) is 12.0 Å². The normalized spacial score (nSPS) is 18.7. The Morgan fingerprint density at radius 1 is 1.05 bits per heavy atom. The van der Waals surface area contributed by atoms with Crippen LogP contribution in [0.4, 0.5) is 5.95 Å². The maximum atomic E-state index is 4.39. The molecule has 1 aliphatic rings. The van der Waals surface area contributed by atoms with Crippen molar-refractivity contribution in [2.24, 2.45) is 0 Å². The maximum absolute atomic E-state index is 4.39. The molecule has 0 saturated carbocycles. The molecule has 4 nitrogen and oxygen atoms in total. The average molecular weight is 268 g/mol. The summed E-state index contributed by atoms with van der Waals surface area (Å²) in [5, 5.41) is 6.82.